The molecule has 6 heteroatoms. The van der Waals surface area contributed by atoms with Gasteiger partial charge in [0.25, 0.3) is 0 Å². The van der Waals surface area contributed by atoms with Gasteiger partial charge in [0.15, 0.2) is 10.7 Å². The van der Waals surface area contributed by atoms with Crippen molar-refractivity contribution in [3.05, 3.63) is 46.5 Å². The van der Waals surface area contributed by atoms with Crippen LogP contribution in [0.1, 0.15) is 10.6 Å². The highest BCUT2D eigenvalue weighted by Crippen LogP contribution is 2.38. The Morgan fingerprint density at radius 2 is 2.23 bits per heavy atom. The fourth-order valence-corrected chi connectivity index (χ4v) is 4.63. The van der Waals surface area contributed by atoms with Crippen LogP contribution in [0.15, 0.2) is 40.3 Å². The van der Waals surface area contributed by atoms with Crippen LogP contribution in [0.4, 0.5) is 0 Å². The molecule has 0 aliphatic carbocycles. The highest BCUT2D eigenvalue weighted by Gasteiger charge is 2.22. The zero-order valence-electron chi connectivity index (χ0n) is 12.1. The molecule has 0 aromatic carbocycles. The predicted molar refractivity (Wildman–Crippen MR) is 91.6 cm³/mol. The van der Waals surface area contributed by atoms with Crippen molar-refractivity contribution < 1.29 is 4.42 Å². The quantitative estimate of drug-likeness (QED) is 0.610. The van der Waals surface area contributed by atoms with Gasteiger partial charge in [-0.15, -0.1) is 22.7 Å². The molecule has 0 atom stereocenters. The first-order chi connectivity index (χ1) is 10.8. The van der Waals surface area contributed by atoms with E-state index in [9.17, 15) is 0 Å². The van der Waals surface area contributed by atoms with E-state index in [4.69, 9.17) is 15.1 Å². The van der Waals surface area contributed by atoms with Gasteiger partial charge in [-0.05, 0) is 37.0 Å². The first kappa shape index (κ1) is 13.8. The lowest BCUT2D eigenvalue weighted by Crippen LogP contribution is -2.06. The van der Waals surface area contributed by atoms with Gasteiger partial charge in [0.1, 0.15) is 5.69 Å². The van der Waals surface area contributed by atoms with Gasteiger partial charge in [-0.2, -0.15) is 0 Å². The molecule has 4 heterocycles. The smallest absolute Gasteiger partial charge is 0.195 e. The molecular weight excluding hydrogens is 314 g/mol. The molecule has 0 bridgehead atoms. The van der Waals surface area contributed by atoms with Crippen LogP contribution >= 0.6 is 22.7 Å². The van der Waals surface area contributed by atoms with E-state index < -0.39 is 0 Å². The molecule has 0 aliphatic rings. The van der Waals surface area contributed by atoms with E-state index >= 15 is 0 Å². The predicted octanol–water partition coefficient (Wildman–Crippen LogP) is 4.19. The van der Waals surface area contributed by atoms with E-state index in [0.717, 1.165) is 28.5 Å². The van der Waals surface area contributed by atoms with Crippen LogP contribution in [0.25, 0.3) is 27.0 Å². The molecule has 0 fully saturated rings. The minimum Gasteiger partial charge on any atom is -0.463 e. The van der Waals surface area contributed by atoms with E-state index in [2.05, 4.69) is 28.8 Å². The molecule has 0 amide bonds. The number of aromatic nitrogens is 2. The van der Waals surface area contributed by atoms with Crippen LogP contribution < -0.4 is 5.73 Å². The van der Waals surface area contributed by atoms with Crippen LogP contribution in [-0.4, -0.2) is 15.9 Å². The molecule has 0 spiro atoms. The average molecular weight is 329 g/mol. The molecular formula is C16H15N3OS2. The molecule has 0 radical (unpaired) electrons. The fourth-order valence-electron chi connectivity index (χ4n) is 2.75. The molecule has 4 nitrogen and oxygen atoms in total. The number of hydrogen-bond donors (Lipinski definition) is 1. The highest BCUT2D eigenvalue weighted by atomic mass is 32.1. The van der Waals surface area contributed by atoms with E-state index in [1.54, 1.807) is 28.9 Å². The van der Waals surface area contributed by atoms with Crippen LogP contribution in [0.5, 0.6) is 0 Å². The Balaban J connectivity index is 2.03. The fraction of sp³-hybridized carbons (Fsp3) is 0.188. The van der Waals surface area contributed by atoms with Crippen molar-refractivity contribution in [2.24, 2.45) is 5.73 Å². The number of nitrogens with zero attached hydrogens (tertiary/aromatic N) is 2. The monoisotopic (exact) mass is 329 g/mol. The molecule has 0 aliphatic heterocycles. The van der Waals surface area contributed by atoms with E-state index in [-0.39, 0.29) is 0 Å². The van der Waals surface area contributed by atoms with Crippen LogP contribution in [-0.2, 0) is 6.42 Å². The van der Waals surface area contributed by atoms with Crippen LogP contribution in [0.3, 0.4) is 0 Å². The summed E-state index contributed by atoms with van der Waals surface area (Å²) in [6, 6.07) is 8.07. The molecule has 4 aromatic heterocycles. The number of hydrogen-bond acceptors (Lipinski definition) is 5. The number of nitrogens with two attached hydrogens (primary N) is 1. The number of imidazole rings is 1. The third-order valence-electron chi connectivity index (χ3n) is 3.63. The zero-order chi connectivity index (χ0) is 15.1. The summed E-state index contributed by atoms with van der Waals surface area (Å²) >= 11 is 3.46. The lowest BCUT2D eigenvalue weighted by Gasteiger charge is -2.05. The minimum absolute atomic E-state index is 0.584. The number of fused-ring (bicyclic) bond motifs is 1. The Morgan fingerprint density at radius 3 is 2.91 bits per heavy atom. The molecule has 22 heavy (non-hydrogen) atoms. The highest BCUT2D eigenvalue weighted by molar-refractivity contribution is 7.18. The lowest BCUT2D eigenvalue weighted by molar-refractivity contribution is 0.579. The van der Waals surface area contributed by atoms with Gasteiger partial charge in [0.05, 0.1) is 22.5 Å². The summed E-state index contributed by atoms with van der Waals surface area (Å²) in [4.78, 5) is 8.33. The van der Waals surface area contributed by atoms with Crippen LogP contribution in [0.2, 0.25) is 0 Å². The Labute approximate surface area is 135 Å². The van der Waals surface area contributed by atoms with Gasteiger partial charge in [-0.3, -0.25) is 4.40 Å². The summed E-state index contributed by atoms with van der Waals surface area (Å²) in [6.45, 7) is 2.73. The second-order valence-corrected chi connectivity index (χ2v) is 7.15. The minimum atomic E-state index is 0.584. The van der Waals surface area contributed by atoms with Gasteiger partial charge in [0, 0.05) is 11.3 Å². The maximum Gasteiger partial charge on any atom is 0.195 e. The second-order valence-electron chi connectivity index (χ2n) is 5.03. The average Bonchev–Trinajstić information content (AvgIpc) is 3.23. The van der Waals surface area contributed by atoms with Crippen molar-refractivity contribution in [2.45, 2.75) is 13.3 Å². The largest absolute Gasteiger partial charge is 0.463 e. The van der Waals surface area contributed by atoms with Gasteiger partial charge in [-0.25, -0.2) is 4.98 Å². The topological polar surface area (TPSA) is 56.5 Å². The summed E-state index contributed by atoms with van der Waals surface area (Å²) in [5.74, 6) is 0.800. The van der Waals surface area contributed by atoms with Gasteiger partial charge < -0.3 is 10.2 Å². The van der Waals surface area contributed by atoms with Gasteiger partial charge in [0.2, 0.25) is 0 Å². The Bertz CT molecular complexity index is 901. The standard InChI is InChI=1S/C16H15N3OS2/c1-10-15(13-5-3-9-21-13)19-11(6-7-17)14(18-16(19)22-10)12-4-2-8-20-12/h2-5,8-9H,6-7,17H2,1H3. The van der Waals surface area contributed by atoms with Crippen LogP contribution in [0, 0.1) is 6.92 Å². The third-order valence-corrected chi connectivity index (χ3v) is 5.47. The first-order valence-corrected chi connectivity index (χ1v) is 8.77. The maximum atomic E-state index is 5.84. The number of thiophene rings is 1. The number of furan rings is 1. The number of aryl methyl sites for hydroxylation is 1. The summed E-state index contributed by atoms with van der Waals surface area (Å²) in [7, 11) is 0. The van der Waals surface area contributed by atoms with Crippen molar-refractivity contribution in [3.8, 4) is 22.0 Å². The van der Waals surface area contributed by atoms with Crippen molar-refractivity contribution in [1.82, 2.24) is 9.38 Å². The van der Waals surface area contributed by atoms with E-state index in [1.165, 1.54) is 15.4 Å². The Morgan fingerprint density at radius 1 is 1.32 bits per heavy atom. The van der Waals surface area contributed by atoms with Crippen molar-refractivity contribution in [1.29, 1.82) is 0 Å². The molecule has 0 saturated carbocycles. The summed E-state index contributed by atoms with van der Waals surface area (Å²) < 4.78 is 7.80. The second kappa shape index (κ2) is 5.39. The van der Waals surface area contributed by atoms with Crippen molar-refractivity contribution in [2.75, 3.05) is 6.54 Å². The summed E-state index contributed by atoms with van der Waals surface area (Å²) in [6.07, 6.45) is 2.45. The van der Waals surface area contributed by atoms with E-state index in [0.29, 0.717) is 6.54 Å². The van der Waals surface area contributed by atoms with Crippen molar-refractivity contribution in [3.63, 3.8) is 0 Å². The number of rotatable bonds is 4. The van der Waals surface area contributed by atoms with E-state index in [1.807, 2.05) is 12.1 Å². The Hall–Kier alpha value is -1.89. The normalized spacial score (nSPS) is 11.5. The summed E-state index contributed by atoms with van der Waals surface area (Å²) in [5, 5.41) is 2.10. The molecule has 4 rings (SSSR count). The SMILES string of the molecule is Cc1sc2nc(-c3ccco3)c(CCN)n2c1-c1cccs1. The maximum absolute atomic E-state index is 5.84. The molecule has 112 valence electrons. The first-order valence-electron chi connectivity index (χ1n) is 7.08. The number of thiazole rings is 1. The molecule has 2 N–H and O–H groups in total. The molecule has 0 unspecified atom stereocenters. The molecule has 0 saturated heterocycles. The zero-order valence-corrected chi connectivity index (χ0v) is 13.7. The third kappa shape index (κ3) is 2.03. The lowest BCUT2D eigenvalue weighted by atomic mass is 10.2. The van der Waals surface area contributed by atoms with Gasteiger partial charge in [-0.1, -0.05) is 6.07 Å². The van der Waals surface area contributed by atoms with Gasteiger partial charge >= 0.3 is 0 Å². The molecule has 4 aromatic rings. The van der Waals surface area contributed by atoms with Crippen molar-refractivity contribution >= 4 is 27.6 Å². The summed E-state index contributed by atoms with van der Waals surface area (Å²) in [5.41, 5.74) is 9.10. The Kier molecular flexibility index (Phi) is 3.37.